The zero-order valence-corrected chi connectivity index (χ0v) is 16.4. The van der Waals surface area contributed by atoms with Crippen LogP contribution < -0.4 is 15.4 Å². The minimum absolute atomic E-state index is 0.262. The van der Waals surface area contributed by atoms with E-state index in [4.69, 9.17) is 4.74 Å². The first-order valence-corrected chi connectivity index (χ1v) is 9.45. The first-order chi connectivity index (χ1) is 15.1. The highest BCUT2D eigenvalue weighted by Gasteiger charge is 2.09. The van der Waals surface area contributed by atoms with Crippen LogP contribution in [0.25, 0.3) is 10.9 Å². The average molecular weight is 410 g/mol. The quantitative estimate of drug-likeness (QED) is 0.446. The van der Waals surface area contributed by atoms with Gasteiger partial charge >= 0.3 is 0 Å². The van der Waals surface area contributed by atoms with Crippen LogP contribution in [0.5, 0.6) is 11.5 Å². The van der Waals surface area contributed by atoms with E-state index in [2.05, 4.69) is 27.2 Å². The predicted octanol–water partition coefficient (Wildman–Crippen LogP) is 4.80. The van der Waals surface area contributed by atoms with Crippen molar-refractivity contribution < 1.29 is 14.3 Å². The predicted molar refractivity (Wildman–Crippen MR) is 119 cm³/mol. The number of fused-ring (bicyclic) bond motifs is 1. The fourth-order valence-corrected chi connectivity index (χ4v) is 2.91. The maximum absolute atomic E-state index is 12.4. The van der Waals surface area contributed by atoms with Crippen molar-refractivity contribution in [3.8, 4) is 11.5 Å². The van der Waals surface area contributed by atoms with Gasteiger partial charge in [0.2, 0.25) is 5.91 Å². The van der Waals surface area contributed by atoms with E-state index in [1.807, 2.05) is 0 Å². The highest BCUT2D eigenvalue weighted by atomic mass is 16.5. The highest BCUT2D eigenvalue weighted by molar-refractivity contribution is 6.04. The number of amides is 2. The maximum Gasteiger partial charge on any atom is 0.256 e. The Labute approximate surface area is 178 Å². The molecule has 0 saturated heterocycles. The average Bonchev–Trinajstić information content (AvgIpc) is 2.80. The molecule has 31 heavy (non-hydrogen) atoms. The van der Waals surface area contributed by atoms with Gasteiger partial charge in [0.25, 0.3) is 5.91 Å². The lowest BCUT2D eigenvalue weighted by molar-refractivity contribution is -0.111. The molecule has 0 atom stereocenters. The van der Waals surface area contributed by atoms with Gasteiger partial charge in [-0.15, -0.1) is 0 Å². The van der Waals surface area contributed by atoms with Gasteiger partial charge in [-0.2, -0.15) is 0 Å². The maximum atomic E-state index is 12.4. The van der Waals surface area contributed by atoms with E-state index in [0.717, 1.165) is 10.9 Å². The number of aromatic nitrogens is 2. The lowest BCUT2D eigenvalue weighted by Crippen LogP contribution is -2.12. The van der Waals surface area contributed by atoms with Gasteiger partial charge in [0.05, 0.1) is 5.52 Å². The Morgan fingerprint density at radius 2 is 1.74 bits per heavy atom. The van der Waals surface area contributed by atoms with Crippen LogP contribution in [-0.4, -0.2) is 21.8 Å². The third kappa shape index (κ3) is 4.73. The van der Waals surface area contributed by atoms with Gasteiger partial charge < -0.3 is 15.4 Å². The van der Waals surface area contributed by atoms with Gasteiger partial charge in [0, 0.05) is 29.0 Å². The number of hydrogen-bond acceptors (Lipinski definition) is 5. The van der Waals surface area contributed by atoms with Crippen LogP contribution in [0, 0.1) is 0 Å². The molecule has 2 N–H and O–H groups in total. The SMILES string of the molecule is C=CC(=O)Nc1ccc2nccc(Oc3ccc(C(=O)Nc4ccccn4)cc3)c2c1. The summed E-state index contributed by atoms with van der Waals surface area (Å²) >= 11 is 0. The molecule has 0 aliphatic rings. The van der Waals surface area contributed by atoms with Crippen LogP contribution in [0.2, 0.25) is 0 Å². The lowest BCUT2D eigenvalue weighted by atomic mass is 10.1. The molecule has 0 spiro atoms. The molecule has 2 amide bonds. The number of carbonyl (C=O) groups excluding carboxylic acids is 2. The highest BCUT2D eigenvalue weighted by Crippen LogP contribution is 2.31. The second kappa shape index (κ2) is 8.87. The Bertz CT molecular complexity index is 1260. The van der Waals surface area contributed by atoms with Gasteiger partial charge in [0.1, 0.15) is 17.3 Å². The van der Waals surface area contributed by atoms with Crippen molar-refractivity contribution in [2.75, 3.05) is 10.6 Å². The summed E-state index contributed by atoms with van der Waals surface area (Å²) in [6.07, 6.45) is 4.46. The van der Waals surface area contributed by atoms with Gasteiger partial charge in [-0.3, -0.25) is 14.6 Å². The monoisotopic (exact) mass is 410 g/mol. The summed E-state index contributed by atoms with van der Waals surface area (Å²) in [5.41, 5.74) is 1.81. The number of hydrogen-bond donors (Lipinski definition) is 2. The lowest BCUT2D eigenvalue weighted by Gasteiger charge is -2.11. The Balaban J connectivity index is 1.53. The number of pyridine rings is 2. The molecule has 152 valence electrons. The number of benzene rings is 2. The summed E-state index contributed by atoms with van der Waals surface area (Å²) in [6, 6.07) is 19.1. The Morgan fingerprint density at radius 1 is 0.903 bits per heavy atom. The molecule has 0 fully saturated rings. The van der Waals surface area contributed by atoms with Crippen LogP contribution >= 0.6 is 0 Å². The first kappa shape index (κ1) is 19.8. The molecular formula is C24H18N4O3. The largest absolute Gasteiger partial charge is 0.457 e. The van der Waals surface area contributed by atoms with Crippen molar-refractivity contribution in [2.45, 2.75) is 0 Å². The van der Waals surface area contributed by atoms with E-state index in [1.54, 1.807) is 79.1 Å². The third-order valence-electron chi connectivity index (χ3n) is 4.41. The summed E-state index contributed by atoms with van der Waals surface area (Å²) in [4.78, 5) is 32.4. The summed E-state index contributed by atoms with van der Waals surface area (Å²) in [5, 5.41) is 6.20. The van der Waals surface area contributed by atoms with Crippen LogP contribution in [0.4, 0.5) is 11.5 Å². The van der Waals surface area contributed by atoms with Gasteiger partial charge in [-0.1, -0.05) is 12.6 Å². The van der Waals surface area contributed by atoms with E-state index in [9.17, 15) is 9.59 Å². The molecule has 0 radical (unpaired) electrons. The minimum Gasteiger partial charge on any atom is -0.457 e. The fourth-order valence-electron chi connectivity index (χ4n) is 2.91. The number of carbonyl (C=O) groups is 2. The fraction of sp³-hybridized carbons (Fsp3) is 0. The number of ether oxygens (including phenoxy) is 1. The normalized spacial score (nSPS) is 10.3. The van der Waals surface area contributed by atoms with Crippen molar-refractivity contribution in [1.29, 1.82) is 0 Å². The van der Waals surface area contributed by atoms with Crippen molar-refractivity contribution >= 4 is 34.2 Å². The van der Waals surface area contributed by atoms with Crippen molar-refractivity contribution in [1.82, 2.24) is 9.97 Å². The zero-order valence-electron chi connectivity index (χ0n) is 16.4. The summed E-state index contributed by atoms with van der Waals surface area (Å²) in [6.45, 7) is 3.45. The Hall–Kier alpha value is -4.52. The zero-order chi connectivity index (χ0) is 21.6. The van der Waals surface area contributed by atoms with Crippen LogP contribution in [0.15, 0.2) is 91.8 Å². The topological polar surface area (TPSA) is 93.2 Å². The number of rotatable bonds is 6. The number of anilines is 2. The Kier molecular flexibility index (Phi) is 5.66. The second-order valence-electron chi connectivity index (χ2n) is 6.53. The summed E-state index contributed by atoms with van der Waals surface area (Å²) in [7, 11) is 0. The molecule has 0 aliphatic carbocycles. The summed E-state index contributed by atoms with van der Waals surface area (Å²) in [5.74, 6) is 1.05. The smallest absolute Gasteiger partial charge is 0.256 e. The van der Waals surface area contributed by atoms with Crippen LogP contribution in [0.1, 0.15) is 10.4 Å². The molecule has 0 bridgehead atoms. The molecule has 0 aliphatic heterocycles. The van der Waals surface area contributed by atoms with E-state index in [1.165, 1.54) is 6.08 Å². The standard InChI is InChI=1S/C24H18N4O3/c1-2-23(29)27-17-8-11-20-19(15-17)21(12-14-25-20)31-18-9-6-16(7-10-18)24(30)28-22-5-3-4-13-26-22/h2-15H,1H2,(H,27,29)(H,26,28,30). The number of nitrogens with zero attached hydrogens (tertiary/aromatic N) is 2. The number of nitrogens with one attached hydrogen (secondary N) is 2. The Morgan fingerprint density at radius 3 is 2.48 bits per heavy atom. The van der Waals surface area contributed by atoms with E-state index < -0.39 is 0 Å². The second-order valence-corrected chi connectivity index (χ2v) is 6.53. The van der Waals surface area contributed by atoms with E-state index in [0.29, 0.717) is 28.6 Å². The molecule has 4 rings (SSSR count). The van der Waals surface area contributed by atoms with Crippen molar-refractivity contribution in [2.24, 2.45) is 0 Å². The van der Waals surface area contributed by atoms with Gasteiger partial charge in [-0.25, -0.2) is 4.98 Å². The molecule has 2 aromatic heterocycles. The molecule has 4 aromatic rings. The van der Waals surface area contributed by atoms with Gasteiger partial charge in [0.15, 0.2) is 0 Å². The van der Waals surface area contributed by atoms with E-state index >= 15 is 0 Å². The molecule has 0 unspecified atom stereocenters. The molecule has 7 heteroatoms. The molecular weight excluding hydrogens is 392 g/mol. The van der Waals surface area contributed by atoms with E-state index in [-0.39, 0.29) is 11.8 Å². The van der Waals surface area contributed by atoms with Crippen molar-refractivity contribution in [3.05, 3.63) is 97.3 Å². The molecule has 2 heterocycles. The van der Waals surface area contributed by atoms with Crippen LogP contribution in [-0.2, 0) is 4.79 Å². The van der Waals surface area contributed by atoms with Crippen molar-refractivity contribution in [3.63, 3.8) is 0 Å². The molecule has 0 saturated carbocycles. The molecule has 2 aromatic carbocycles. The third-order valence-corrected chi connectivity index (χ3v) is 4.41. The minimum atomic E-state index is -0.301. The van der Waals surface area contributed by atoms with Gasteiger partial charge in [-0.05, 0) is 66.7 Å². The van der Waals surface area contributed by atoms with Crippen LogP contribution in [0.3, 0.4) is 0 Å². The summed E-state index contributed by atoms with van der Waals surface area (Å²) < 4.78 is 6.01. The molecule has 7 nitrogen and oxygen atoms in total. The first-order valence-electron chi connectivity index (χ1n) is 9.45.